The molecule has 2 aliphatic rings. The SMILES string of the molecule is CC1CCN(CC2CCCN(C(C)C(=O)NCCc3c[nH]c4ccccc34)C2)CC1. The zero-order valence-electron chi connectivity index (χ0n) is 18.7. The maximum absolute atomic E-state index is 12.8. The second kappa shape index (κ2) is 9.97. The minimum atomic E-state index is -0.0443. The molecule has 1 aromatic heterocycles. The first-order chi connectivity index (χ1) is 14.6. The molecule has 0 radical (unpaired) electrons. The van der Waals surface area contributed by atoms with Crippen molar-refractivity contribution in [1.29, 1.82) is 0 Å². The molecule has 2 N–H and O–H groups in total. The number of aromatic amines is 1. The third-order valence-corrected chi connectivity index (χ3v) is 7.24. The highest BCUT2D eigenvalue weighted by molar-refractivity contribution is 5.83. The molecule has 2 fully saturated rings. The average molecular weight is 411 g/mol. The van der Waals surface area contributed by atoms with Gasteiger partial charge in [0.2, 0.25) is 5.91 Å². The summed E-state index contributed by atoms with van der Waals surface area (Å²) in [6.07, 6.45) is 8.12. The van der Waals surface area contributed by atoms with Crippen molar-refractivity contribution in [2.24, 2.45) is 11.8 Å². The number of H-pyrrole nitrogens is 1. The lowest BCUT2D eigenvalue weighted by Gasteiger charge is -2.39. The van der Waals surface area contributed by atoms with Gasteiger partial charge in [-0.25, -0.2) is 0 Å². The summed E-state index contributed by atoms with van der Waals surface area (Å²) in [5.74, 6) is 1.76. The lowest BCUT2D eigenvalue weighted by atomic mass is 9.93. The summed E-state index contributed by atoms with van der Waals surface area (Å²) in [5.41, 5.74) is 2.43. The van der Waals surface area contributed by atoms with Crippen LogP contribution in [0, 0.1) is 11.8 Å². The Kier molecular flexibility index (Phi) is 7.11. The number of nitrogens with one attached hydrogen (secondary N) is 2. The zero-order chi connectivity index (χ0) is 20.9. The zero-order valence-corrected chi connectivity index (χ0v) is 18.7. The van der Waals surface area contributed by atoms with Crippen LogP contribution in [0.25, 0.3) is 10.9 Å². The van der Waals surface area contributed by atoms with E-state index in [1.807, 2.05) is 6.07 Å². The highest BCUT2D eigenvalue weighted by Gasteiger charge is 2.29. The maximum atomic E-state index is 12.8. The molecule has 1 amide bonds. The second-order valence-electron chi connectivity index (χ2n) is 9.56. The van der Waals surface area contributed by atoms with Gasteiger partial charge in [0.1, 0.15) is 0 Å². The number of carbonyl (C=O) groups excluding carboxylic acids is 1. The molecule has 5 nitrogen and oxygen atoms in total. The number of rotatable bonds is 7. The number of likely N-dealkylation sites (tertiary alicyclic amines) is 2. The predicted molar refractivity (Wildman–Crippen MR) is 124 cm³/mol. The Hall–Kier alpha value is -1.85. The van der Waals surface area contributed by atoms with Gasteiger partial charge in [-0.1, -0.05) is 25.1 Å². The number of hydrogen-bond acceptors (Lipinski definition) is 3. The van der Waals surface area contributed by atoms with E-state index in [1.165, 1.54) is 56.3 Å². The van der Waals surface area contributed by atoms with Crippen LogP contribution >= 0.6 is 0 Å². The molecule has 0 saturated carbocycles. The van der Waals surface area contributed by atoms with Crippen LogP contribution in [-0.2, 0) is 11.2 Å². The summed E-state index contributed by atoms with van der Waals surface area (Å²) in [4.78, 5) is 21.2. The first-order valence-electron chi connectivity index (χ1n) is 11.9. The number of fused-ring (bicyclic) bond motifs is 1. The third kappa shape index (κ3) is 5.25. The van der Waals surface area contributed by atoms with Gasteiger partial charge in [-0.15, -0.1) is 0 Å². The summed E-state index contributed by atoms with van der Waals surface area (Å²) >= 11 is 0. The second-order valence-corrected chi connectivity index (χ2v) is 9.56. The van der Waals surface area contributed by atoms with E-state index in [0.717, 1.165) is 30.9 Å². The van der Waals surface area contributed by atoms with Gasteiger partial charge in [0.25, 0.3) is 0 Å². The lowest BCUT2D eigenvalue weighted by molar-refractivity contribution is -0.126. The molecule has 2 atom stereocenters. The number of hydrogen-bond donors (Lipinski definition) is 2. The smallest absolute Gasteiger partial charge is 0.237 e. The van der Waals surface area contributed by atoms with Crippen LogP contribution < -0.4 is 5.32 Å². The summed E-state index contributed by atoms with van der Waals surface area (Å²) in [5, 5.41) is 4.43. The average Bonchev–Trinajstić information content (AvgIpc) is 3.18. The Morgan fingerprint density at radius 3 is 2.83 bits per heavy atom. The highest BCUT2D eigenvalue weighted by Crippen LogP contribution is 2.23. The van der Waals surface area contributed by atoms with Crippen molar-refractivity contribution >= 4 is 16.8 Å². The molecule has 0 aliphatic carbocycles. The fourth-order valence-corrected chi connectivity index (χ4v) is 5.18. The van der Waals surface area contributed by atoms with Crippen molar-refractivity contribution in [3.8, 4) is 0 Å². The molecule has 2 unspecified atom stereocenters. The highest BCUT2D eigenvalue weighted by atomic mass is 16.2. The Morgan fingerprint density at radius 2 is 2.00 bits per heavy atom. The fraction of sp³-hybridized carbons (Fsp3) is 0.640. The molecule has 4 rings (SSSR count). The number of para-hydroxylation sites is 1. The number of aromatic nitrogens is 1. The first kappa shape index (κ1) is 21.4. The Morgan fingerprint density at radius 1 is 1.20 bits per heavy atom. The van der Waals surface area contributed by atoms with Crippen molar-refractivity contribution < 1.29 is 4.79 Å². The van der Waals surface area contributed by atoms with Crippen LogP contribution in [0.1, 0.15) is 45.1 Å². The summed E-state index contributed by atoms with van der Waals surface area (Å²) in [6, 6.07) is 8.30. The summed E-state index contributed by atoms with van der Waals surface area (Å²) < 4.78 is 0. The van der Waals surface area contributed by atoms with Gasteiger partial charge in [0.05, 0.1) is 6.04 Å². The van der Waals surface area contributed by atoms with Crippen molar-refractivity contribution in [3.63, 3.8) is 0 Å². The van der Waals surface area contributed by atoms with E-state index < -0.39 is 0 Å². The van der Waals surface area contributed by atoms with Crippen molar-refractivity contribution in [1.82, 2.24) is 20.1 Å². The molecule has 5 heteroatoms. The summed E-state index contributed by atoms with van der Waals surface area (Å²) in [6.45, 7) is 11.0. The molecular formula is C25H38N4O. The van der Waals surface area contributed by atoms with E-state index >= 15 is 0 Å². The molecule has 0 spiro atoms. The molecule has 1 aromatic carbocycles. The number of amides is 1. The number of nitrogens with zero attached hydrogens (tertiary/aromatic N) is 2. The van der Waals surface area contributed by atoms with Gasteiger partial charge < -0.3 is 15.2 Å². The Balaban J connectivity index is 1.23. The van der Waals surface area contributed by atoms with E-state index in [2.05, 4.69) is 58.3 Å². The van der Waals surface area contributed by atoms with Crippen LogP contribution in [0.5, 0.6) is 0 Å². The predicted octanol–water partition coefficient (Wildman–Crippen LogP) is 3.66. The summed E-state index contributed by atoms with van der Waals surface area (Å²) in [7, 11) is 0. The first-order valence-corrected chi connectivity index (χ1v) is 11.9. The maximum Gasteiger partial charge on any atom is 0.237 e. The van der Waals surface area contributed by atoms with E-state index in [0.29, 0.717) is 12.5 Å². The van der Waals surface area contributed by atoms with Gasteiger partial charge in [0, 0.05) is 36.7 Å². The van der Waals surface area contributed by atoms with Gasteiger partial charge in [-0.2, -0.15) is 0 Å². The van der Waals surface area contributed by atoms with Gasteiger partial charge >= 0.3 is 0 Å². The van der Waals surface area contributed by atoms with E-state index in [9.17, 15) is 4.79 Å². The monoisotopic (exact) mass is 410 g/mol. The van der Waals surface area contributed by atoms with Crippen molar-refractivity contribution in [2.45, 2.75) is 52.0 Å². The lowest BCUT2D eigenvalue weighted by Crippen LogP contribution is -2.51. The van der Waals surface area contributed by atoms with Crippen molar-refractivity contribution in [3.05, 3.63) is 36.0 Å². The quantitative estimate of drug-likeness (QED) is 0.732. The molecule has 164 valence electrons. The van der Waals surface area contributed by atoms with Crippen LogP contribution in [0.2, 0.25) is 0 Å². The van der Waals surface area contributed by atoms with E-state index in [4.69, 9.17) is 0 Å². The fourth-order valence-electron chi connectivity index (χ4n) is 5.18. The van der Waals surface area contributed by atoms with Gasteiger partial charge in [0.15, 0.2) is 0 Å². The van der Waals surface area contributed by atoms with Crippen LogP contribution in [0.3, 0.4) is 0 Å². The molecule has 2 aliphatic heterocycles. The number of carbonyl (C=O) groups is 1. The minimum Gasteiger partial charge on any atom is -0.361 e. The third-order valence-electron chi connectivity index (χ3n) is 7.24. The molecule has 2 aromatic rings. The normalized spacial score (nSPS) is 22.9. The van der Waals surface area contributed by atoms with Crippen LogP contribution in [0.4, 0.5) is 0 Å². The molecular weight excluding hydrogens is 372 g/mol. The Bertz CT molecular complexity index is 823. The van der Waals surface area contributed by atoms with Crippen molar-refractivity contribution in [2.75, 3.05) is 39.3 Å². The largest absolute Gasteiger partial charge is 0.361 e. The van der Waals surface area contributed by atoms with E-state index in [1.54, 1.807) is 0 Å². The molecule has 30 heavy (non-hydrogen) atoms. The van der Waals surface area contributed by atoms with E-state index in [-0.39, 0.29) is 11.9 Å². The molecule has 2 saturated heterocycles. The standard InChI is InChI=1S/C25H38N4O/c1-19-10-14-28(15-11-19)17-21-6-5-13-29(18-21)20(2)25(30)26-12-9-22-16-27-24-8-4-3-7-23(22)24/h3-4,7-8,16,19-21,27H,5-6,9-15,17-18H2,1-2H3,(H,26,30). The van der Waals surface area contributed by atoms with Crippen LogP contribution in [0.15, 0.2) is 30.5 Å². The molecule has 3 heterocycles. The molecule has 0 bridgehead atoms. The minimum absolute atomic E-state index is 0.0443. The Labute approximate surface area is 181 Å². The van der Waals surface area contributed by atoms with Crippen LogP contribution in [-0.4, -0.2) is 66.0 Å². The van der Waals surface area contributed by atoms with Gasteiger partial charge in [-0.3, -0.25) is 9.69 Å². The van der Waals surface area contributed by atoms with Gasteiger partial charge in [-0.05, 0) is 82.1 Å². The topological polar surface area (TPSA) is 51.4 Å². The number of benzene rings is 1. The number of piperidine rings is 2.